The molecule has 1 aromatic carbocycles. The Kier molecular flexibility index (Phi) is 5.52. The number of hydrogen-bond acceptors (Lipinski definition) is 5. The van der Waals surface area contributed by atoms with Crippen LogP contribution in [-0.2, 0) is 14.3 Å². The van der Waals surface area contributed by atoms with Crippen molar-refractivity contribution in [2.45, 2.75) is 56.7 Å². The molecule has 0 radical (unpaired) electrons. The Bertz CT molecular complexity index is 1100. The van der Waals surface area contributed by atoms with Gasteiger partial charge in [-0.1, -0.05) is 18.6 Å². The number of ketones is 1. The number of amides is 1. The normalized spacial score (nSPS) is 28.1. The van der Waals surface area contributed by atoms with Gasteiger partial charge in [-0.25, -0.2) is 4.39 Å². The van der Waals surface area contributed by atoms with Gasteiger partial charge in [0, 0.05) is 6.54 Å². The molecule has 4 atom stereocenters. The Balaban J connectivity index is 1.40. The molecule has 3 aliphatic heterocycles. The smallest absolute Gasteiger partial charge is 0.290 e. The number of fused-ring (bicyclic) bond motifs is 1. The van der Waals surface area contributed by atoms with Crippen LogP contribution in [0.3, 0.4) is 0 Å². The number of Topliss-reactive ketones (excluding diaryl/α,β-unsaturated/α-hetero) is 1. The lowest BCUT2D eigenvalue weighted by Crippen LogP contribution is -2.40. The molecule has 6 nitrogen and oxygen atoms in total. The number of halogens is 1. The third-order valence-corrected chi connectivity index (χ3v) is 7.87. The van der Waals surface area contributed by atoms with Gasteiger partial charge in [-0.05, 0) is 75.0 Å². The summed E-state index contributed by atoms with van der Waals surface area (Å²) in [5.74, 6) is 0.213. The molecule has 2 aromatic rings. The molecule has 4 aliphatic rings. The lowest BCUT2D eigenvalue weighted by atomic mass is 9.77. The van der Waals surface area contributed by atoms with E-state index in [4.69, 9.17) is 9.15 Å². The summed E-state index contributed by atoms with van der Waals surface area (Å²) in [6.07, 6.45) is 7.22. The van der Waals surface area contributed by atoms with E-state index < -0.39 is 6.04 Å². The van der Waals surface area contributed by atoms with E-state index in [1.165, 1.54) is 12.1 Å². The van der Waals surface area contributed by atoms with Crippen molar-refractivity contribution in [1.82, 2.24) is 9.80 Å². The molecule has 4 heterocycles. The molecule has 34 heavy (non-hydrogen) atoms. The van der Waals surface area contributed by atoms with Crippen LogP contribution in [0.15, 0.2) is 58.4 Å². The number of furan rings is 1. The van der Waals surface area contributed by atoms with Gasteiger partial charge >= 0.3 is 0 Å². The summed E-state index contributed by atoms with van der Waals surface area (Å²) in [5.41, 5.74) is 1.17. The van der Waals surface area contributed by atoms with Crippen molar-refractivity contribution in [3.8, 4) is 0 Å². The number of carbonyl (C=O) groups is 2. The fourth-order valence-electron chi connectivity index (χ4n) is 6.18. The first-order chi connectivity index (χ1) is 16.6. The molecule has 0 N–H and O–H groups in total. The highest BCUT2D eigenvalue weighted by Crippen LogP contribution is 2.47. The number of likely N-dealkylation sites (tertiary alicyclic amines) is 1. The van der Waals surface area contributed by atoms with E-state index in [1.54, 1.807) is 23.3 Å². The van der Waals surface area contributed by atoms with E-state index in [2.05, 4.69) is 4.90 Å². The highest BCUT2D eigenvalue weighted by atomic mass is 19.1. The maximum Gasteiger partial charge on any atom is 0.290 e. The van der Waals surface area contributed by atoms with Crippen LogP contribution in [0.1, 0.15) is 61.9 Å². The lowest BCUT2D eigenvalue weighted by Gasteiger charge is -2.35. The topological polar surface area (TPSA) is 63.0 Å². The second kappa shape index (κ2) is 8.69. The molecule has 6 rings (SSSR count). The number of ether oxygens (including phenoxy) is 1. The predicted octanol–water partition coefficient (Wildman–Crippen LogP) is 4.55. The Hall–Kier alpha value is -2.93. The summed E-state index contributed by atoms with van der Waals surface area (Å²) in [5, 5.41) is 0. The highest BCUT2D eigenvalue weighted by molar-refractivity contribution is 6.11. The molecule has 1 saturated carbocycles. The van der Waals surface area contributed by atoms with Crippen LogP contribution in [0.25, 0.3) is 0 Å². The third kappa shape index (κ3) is 3.57. The summed E-state index contributed by atoms with van der Waals surface area (Å²) in [6, 6.07) is 9.23. The van der Waals surface area contributed by atoms with Crippen LogP contribution in [0.2, 0.25) is 0 Å². The average molecular weight is 465 g/mol. The molecule has 1 amide bonds. The fraction of sp³-hybridized carbons (Fsp3) is 0.481. The van der Waals surface area contributed by atoms with Crippen LogP contribution in [0.5, 0.6) is 0 Å². The fourth-order valence-corrected chi connectivity index (χ4v) is 6.18. The van der Waals surface area contributed by atoms with Crippen LogP contribution in [-0.4, -0.2) is 47.2 Å². The standard InChI is InChI=1S/C27H29FN2O4/c28-18-11-9-17(10-12-18)24-23-25(31)19-6-1-2-7-21(19)34-26(23)27(32)30(24)16-20(22-8-5-15-33-22)29-13-3-4-14-29/h5,8-12,15,19-21,24H,1-4,6-7,13-14,16H2. The molecule has 178 valence electrons. The zero-order valence-electron chi connectivity index (χ0n) is 19.1. The van der Waals surface area contributed by atoms with Gasteiger partial charge in [-0.15, -0.1) is 0 Å². The SMILES string of the molecule is O=C1C2=C(OC3CCCCC13)C(=O)N(CC(c1ccco1)N1CCCC1)C2c1ccc(F)cc1. The van der Waals surface area contributed by atoms with Crippen molar-refractivity contribution in [2.75, 3.05) is 19.6 Å². The van der Waals surface area contributed by atoms with Gasteiger partial charge in [-0.3, -0.25) is 14.5 Å². The molecular formula is C27H29FN2O4. The van der Waals surface area contributed by atoms with E-state index in [0.717, 1.165) is 62.9 Å². The molecular weight excluding hydrogens is 435 g/mol. The summed E-state index contributed by atoms with van der Waals surface area (Å²) in [4.78, 5) is 31.6. The van der Waals surface area contributed by atoms with Gasteiger partial charge < -0.3 is 14.1 Å². The van der Waals surface area contributed by atoms with Crippen LogP contribution in [0.4, 0.5) is 4.39 Å². The van der Waals surface area contributed by atoms with Crippen LogP contribution >= 0.6 is 0 Å². The van der Waals surface area contributed by atoms with Gasteiger partial charge in [-0.2, -0.15) is 0 Å². The Morgan fingerprint density at radius 2 is 1.76 bits per heavy atom. The van der Waals surface area contributed by atoms with Crippen molar-refractivity contribution >= 4 is 11.7 Å². The minimum atomic E-state index is -0.585. The van der Waals surface area contributed by atoms with E-state index >= 15 is 0 Å². The van der Waals surface area contributed by atoms with Crippen molar-refractivity contribution < 1.29 is 23.1 Å². The largest absolute Gasteiger partial charge is 0.483 e. The molecule has 4 unspecified atom stereocenters. The Morgan fingerprint density at radius 1 is 1.00 bits per heavy atom. The number of rotatable bonds is 5. The molecule has 1 saturated heterocycles. The molecule has 7 heteroatoms. The average Bonchev–Trinajstić information content (AvgIpc) is 3.61. The minimum Gasteiger partial charge on any atom is -0.483 e. The number of hydrogen-bond donors (Lipinski definition) is 0. The van der Waals surface area contributed by atoms with Gasteiger partial charge in [0.05, 0.1) is 29.8 Å². The number of benzene rings is 1. The van der Waals surface area contributed by atoms with Crippen molar-refractivity contribution in [3.63, 3.8) is 0 Å². The first-order valence-corrected chi connectivity index (χ1v) is 12.4. The monoisotopic (exact) mass is 464 g/mol. The Morgan fingerprint density at radius 3 is 2.50 bits per heavy atom. The minimum absolute atomic E-state index is 0.0202. The third-order valence-electron chi connectivity index (χ3n) is 7.87. The predicted molar refractivity (Wildman–Crippen MR) is 122 cm³/mol. The van der Waals surface area contributed by atoms with Crippen LogP contribution < -0.4 is 0 Å². The summed E-state index contributed by atoms with van der Waals surface area (Å²) >= 11 is 0. The number of carbonyl (C=O) groups excluding carboxylic acids is 2. The maximum absolute atomic E-state index is 13.8. The lowest BCUT2D eigenvalue weighted by molar-refractivity contribution is -0.136. The van der Waals surface area contributed by atoms with Crippen molar-refractivity contribution in [1.29, 1.82) is 0 Å². The highest BCUT2D eigenvalue weighted by Gasteiger charge is 2.52. The van der Waals surface area contributed by atoms with Crippen molar-refractivity contribution in [3.05, 3.63) is 71.1 Å². The van der Waals surface area contributed by atoms with Crippen LogP contribution in [0, 0.1) is 11.7 Å². The summed E-state index contributed by atoms with van der Waals surface area (Å²) < 4.78 is 25.8. The molecule has 1 aromatic heterocycles. The molecule has 0 spiro atoms. The maximum atomic E-state index is 13.8. The molecule has 0 bridgehead atoms. The zero-order valence-corrected chi connectivity index (χ0v) is 19.1. The second-order valence-corrected chi connectivity index (χ2v) is 9.84. The molecule has 1 aliphatic carbocycles. The number of nitrogens with zero attached hydrogens (tertiary/aromatic N) is 2. The van der Waals surface area contributed by atoms with Crippen molar-refractivity contribution in [2.24, 2.45) is 5.92 Å². The van der Waals surface area contributed by atoms with E-state index in [9.17, 15) is 14.0 Å². The summed E-state index contributed by atoms with van der Waals surface area (Å²) in [6.45, 7) is 2.23. The van der Waals surface area contributed by atoms with Gasteiger partial charge in [0.1, 0.15) is 17.7 Å². The Labute approximate surface area is 198 Å². The second-order valence-electron chi connectivity index (χ2n) is 9.84. The van der Waals surface area contributed by atoms with E-state index in [-0.39, 0.29) is 41.3 Å². The van der Waals surface area contributed by atoms with Gasteiger partial charge in [0.25, 0.3) is 5.91 Å². The van der Waals surface area contributed by atoms with E-state index in [0.29, 0.717) is 12.1 Å². The zero-order chi connectivity index (χ0) is 23.2. The quantitative estimate of drug-likeness (QED) is 0.650. The van der Waals surface area contributed by atoms with Gasteiger partial charge in [0.2, 0.25) is 0 Å². The first-order valence-electron chi connectivity index (χ1n) is 12.4. The first kappa shape index (κ1) is 21.6. The summed E-state index contributed by atoms with van der Waals surface area (Å²) in [7, 11) is 0. The van der Waals surface area contributed by atoms with E-state index in [1.807, 2.05) is 12.1 Å². The molecule has 2 fully saturated rings. The van der Waals surface area contributed by atoms with Gasteiger partial charge in [0.15, 0.2) is 11.5 Å².